The second-order valence-electron chi connectivity index (χ2n) is 10.7. The van der Waals surface area contributed by atoms with Gasteiger partial charge in [0.1, 0.15) is 17.8 Å². The lowest BCUT2D eigenvalue weighted by molar-refractivity contribution is -0.135. The molecule has 5 aliphatic rings. The van der Waals surface area contributed by atoms with Crippen molar-refractivity contribution in [3.63, 3.8) is 0 Å². The number of rotatable bonds is 7. The summed E-state index contributed by atoms with van der Waals surface area (Å²) < 4.78 is 5.80. The molecule has 0 aromatic carbocycles. The molecule has 5 heterocycles. The van der Waals surface area contributed by atoms with Crippen molar-refractivity contribution in [3.8, 4) is 5.88 Å². The van der Waals surface area contributed by atoms with Crippen LogP contribution in [-0.2, 0) is 9.59 Å². The molecule has 2 saturated heterocycles. The highest BCUT2D eigenvalue weighted by atomic mass is 16.5. The number of nitrogens with zero attached hydrogens (tertiary/aromatic N) is 5. The van der Waals surface area contributed by atoms with E-state index in [-0.39, 0.29) is 29.7 Å². The summed E-state index contributed by atoms with van der Waals surface area (Å²) in [4.78, 5) is 44.6. The lowest BCUT2D eigenvalue weighted by Crippen LogP contribution is -2.51. The number of fused-ring (bicyclic) bond motifs is 3. The molecule has 2 unspecified atom stereocenters. The summed E-state index contributed by atoms with van der Waals surface area (Å²) >= 11 is 0. The van der Waals surface area contributed by atoms with Crippen LogP contribution >= 0.6 is 0 Å². The summed E-state index contributed by atoms with van der Waals surface area (Å²) in [6.45, 7) is 4.40. The molecule has 2 amide bonds. The molecule has 0 bridgehead atoms. The molecule has 2 aromatic heterocycles. The van der Waals surface area contributed by atoms with Crippen LogP contribution in [0.2, 0.25) is 0 Å². The summed E-state index contributed by atoms with van der Waals surface area (Å²) in [7, 11) is 0. The number of pyridine rings is 1. The van der Waals surface area contributed by atoms with Crippen LogP contribution in [0.5, 0.6) is 5.88 Å². The van der Waals surface area contributed by atoms with E-state index in [1.54, 1.807) is 12.4 Å². The van der Waals surface area contributed by atoms with Gasteiger partial charge in [0.05, 0.1) is 11.9 Å². The Labute approximate surface area is 209 Å². The van der Waals surface area contributed by atoms with E-state index in [0.29, 0.717) is 30.8 Å². The van der Waals surface area contributed by atoms with Crippen LogP contribution in [-0.4, -0.2) is 70.5 Å². The Kier molecular flexibility index (Phi) is 5.13. The third kappa shape index (κ3) is 3.30. The first-order valence-electron chi connectivity index (χ1n) is 13.2. The van der Waals surface area contributed by atoms with Crippen molar-refractivity contribution in [1.29, 1.82) is 0 Å². The minimum Gasteiger partial charge on any atom is -0.476 e. The molecule has 1 spiro atoms. The maximum Gasteiger partial charge on any atom is 0.245 e. The number of ether oxygens (including phenoxy) is 1. The lowest BCUT2D eigenvalue weighted by Gasteiger charge is -2.36. The quantitative estimate of drug-likeness (QED) is 0.570. The van der Waals surface area contributed by atoms with Gasteiger partial charge in [-0.25, -0.2) is 9.97 Å². The highest BCUT2D eigenvalue weighted by Gasteiger charge is 2.81. The van der Waals surface area contributed by atoms with Gasteiger partial charge in [0.25, 0.3) is 0 Å². The van der Waals surface area contributed by atoms with Gasteiger partial charge in [0.2, 0.25) is 23.6 Å². The normalized spacial score (nSPS) is 29.1. The van der Waals surface area contributed by atoms with E-state index in [9.17, 15) is 9.59 Å². The molecule has 2 aliphatic carbocycles. The van der Waals surface area contributed by atoms with Crippen LogP contribution in [0.3, 0.4) is 0 Å². The Bertz CT molecular complexity index is 1190. The second kappa shape index (κ2) is 8.40. The highest BCUT2D eigenvalue weighted by Crippen LogP contribution is 2.71. The average Bonchev–Trinajstić information content (AvgIpc) is 3.36. The van der Waals surface area contributed by atoms with Crippen LogP contribution in [0.15, 0.2) is 24.5 Å². The molecular formula is C26H31N7O3. The summed E-state index contributed by atoms with van der Waals surface area (Å²) in [6, 6.07) is 3.82. The fraction of sp³-hybridized carbons (Fsp3) is 0.577. The number of carbonyl (C=O) groups is 2. The Morgan fingerprint density at radius 3 is 2.69 bits per heavy atom. The summed E-state index contributed by atoms with van der Waals surface area (Å²) in [6.07, 6.45) is 10.1. The van der Waals surface area contributed by atoms with E-state index >= 15 is 0 Å². The van der Waals surface area contributed by atoms with Crippen LogP contribution in [0, 0.1) is 11.3 Å². The van der Waals surface area contributed by atoms with Crippen molar-refractivity contribution in [2.75, 3.05) is 43.0 Å². The Morgan fingerprint density at radius 1 is 1.08 bits per heavy atom. The van der Waals surface area contributed by atoms with E-state index in [1.165, 1.54) is 12.8 Å². The fourth-order valence-corrected chi connectivity index (χ4v) is 6.85. The molecule has 36 heavy (non-hydrogen) atoms. The zero-order valence-electron chi connectivity index (χ0n) is 20.3. The highest BCUT2D eigenvalue weighted by molar-refractivity contribution is 6.19. The zero-order valence-corrected chi connectivity index (χ0v) is 20.3. The zero-order chi connectivity index (χ0) is 24.3. The van der Waals surface area contributed by atoms with E-state index < -0.39 is 5.41 Å². The molecule has 4 fully saturated rings. The number of nitrogens with one attached hydrogen (secondary N) is 2. The van der Waals surface area contributed by atoms with Gasteiger partial charge in [-0.1, -0.05) is 12.8 Å². The number of likely N-dealkylation sites (tertiary alicyclic amines) is 1. The SMILES string of the molecule is O=C1NCC2C3c4cnc(Nc5ccc(OCCN6CCCC6)nc5)nc4N(C4CCCC4)C(=O)[C@]123. The minimum atomic E-state index is -0.942. The Balaban J connectivity index is 1.10. The minimum absolute atomic E-state index is 0.00674. The van der Waals surface area contributed by atoms with Gasteiger partial charge in [0.15, 0.2) is 0 Å². The fourth-order valence-electron chi connectivity index (χ4n) is 6.85. The number of amides is 2. The predicted octanol–water partition coefficient (Wildman–Crippen LogP) is 2.21. The molecule has 7 rings (SSSR count). The molecular weight excluding hydrogens is 458 g/mol. The standard InChI is InChI=1S/C26H31N7O3/c34-23-26-19(15-28-23)21(26)18-14-29-25(31-22(18)33(24(26)35)17-5-1-2-6-17)30-16-7-8-20(27-13-16)36-12-11-32-9-3-4-10-32/h7-8,13-14,17,19,21H,1-6,9-12,15H2,(H,28,34)(H,29,30,31)/t19?,21?,26-/m1/s1. The van der Waals surface area contributed by atoms with Crippen molar-refractivity contribution in [3.05, 3.63) is 30.1 Å². The molecule has 188 valence electrons. The number of aromatic nitrogens is 3. The molecule has 3 aliphatic heterocycles. The topological polar surface area (TPSA) is 113 Å². The first-order chi connectivity index (χ1) is 17.7. The third-order valence-corrected chi connectivity index (χ3v) is 8.70. The molecule has 10 nitrogen and oxygen atoms in total. The Hall–Kier alpha value is -3.27. The predicted molar refractivity (Wildman–Crippen MR) is 132 cm³/mol. The van der Waals surface area contributed by atoms with Crippen molar-refractivity contribution in [1.82, 2.24) is 25.2 Å². The van der Waals surface area contributed by atoms with E-state index in [1.807, 2.05) is 17.0 Å². The maximum absolute atomic E-state index is 13.8. The molecule has 2 aromatic rings. The van der Waals surface area contributed by atoms with Crippen LogP contribution < -0.4 is 20.3 Å². The summed E-state index contributed by atoms with van der Waals surface area (Å²) in [5, 5.41) is 6.13. The summed E-state index contributed by atoms with van der Waals surface area (Å²) in [5.41, 5.74) is 0.727. The van der Waals surface area contributed by atoms with Gasteiger partial charge >= 0.3 is 0 Å². The van der Waals surface area contributed by atoms with Gasteiger partial charge in [-0.2, -0.15) is 4.98 Å². The van der Waals surface area contributed by atoms with Gasteiger partial charge in [-0.15, -0.1) is 0 Å². The molecule has 0 radical (unpaired) electrons. The molecule has 10 heteroatoms. The van der Waals surface area contributed by atoms with Gasteiger partial charge in [-0.05, 0) is 44.8 Å². The first-order valence-corrected chi connectivity index (χ1v) is 13.2. The lowest BCUT2D eigenvalue weighted by atomic mass is 9.92. The van der Waals surface area contributed by atoms with Gasteiger partial charge in [-0.3, -0.25) is 19.4 Å². The van der Waals surface area contributed by atoms with Crippen molar-refractivity contribution < 1.29 is 14.3 Å². The maximum atomic E-state index is 13.8. The van der Waals surface area contributed by atoms with E-state index in [4.69, 9.17) is 9.72 Å². The number of hydrogen-bond acceptors (Lipinski definition) is 8. The number of hydrogen-bond donors (Lipinski definition) is 2. The van der Waals surface area contributed by atoms with Crippen molar-refractivity contribution in [2.24, 2.45) is 11.3 Å². The van der Waals surface area contributed by atoms with Crippen LogP contribution in [0.1, 0.15) is 50.0 Å². The first kappa shape index (κ1) is 22.0. The van der Waals surface area contributed by atoms with E-state index in [2.05, 4.69) is 25.5 Å². The summed E-state index contributed by atoms with van der Waals surface area (Å²) in [5.74, 6) is 1.36. The average molecular weight is 490 g/mol. The largest absolute Gasteiger partial charge is 0.476 e. The molecule has 3 atom stereocenters. The van der Waals surface area contributed by atoms with E-state index in [0.717, 1.165) is 56.6 Å². The van der Waals surface area contributed by atoms with Crippen molar-refractivity contribution >= 4 is 29.3 Å². The molecule has 2 saturated carbocycles. The second-order valence-corrected chi connectivity index (χ2v) is 10.7. The van der Waals surface area contributed by atoms with Crippen molar-refractivity contribution in [2.45, 2.75) is 50.5 Å². The van der Waals surface area contributed by atoms with Crippen LogP contribution in [0.25, 0.3) is 0 Å². The number of carbonyl (C=O) groups excluding carboxylic acids is 2. The van der Waals surface area contributed by atoms with Crippen LogP contribution in [0.4, 0.5) is 17.5 Å². The van der Waals surface area contributed by atoms with Gasteiger partial charge in [0, 0.05) is 48.8 Å². The van der Waals surface area contributed by atoms with Gasteiger partial charge < -0.3 is 15.4 Å². The monoisotopic (exact) mass is 489 g/mol. The third-order valence-electron chi connectivity index (χ3n) is 8.70. The number of piperidine rings is 1. The molecule has 2 N–H and O–H groups in total. The Morgan fingerprint density at radius 2 is 1.92 bits per heavy atom. The number of anilines is 3. The smallest absolute Gasteiger partial charge is 0.245 e.